The molecule has 0 saturated carbocycles. The van der Waals surface area contributed by atoms with Crippen LogP contribution in [0.5, 0.6) is 0 Å². The summed E-state index contributed by atoms with van der Waals surface area (Å²) in [7, 11) is 3.78. The van der Waals surface area contributed by atoms with Gasteiger partial charge in [-0.2, -0.15) is 0 Å². The molecule has 0 aliphatic carbocycles. The van der Waals surface area contributed by atoms with Crippen molar-refractivity contribution in [2.75, 3.05) is 24.3 Å². The lowest BCUT2D eigenvalue weighted by Crippen LogP contribution is -2.31. The lowest BCUT2D eigenvalue weighted by molar-refractivity contribution is 0.0729. The van der Waals surface area contributed by atoms with Gasteiger partial charge in [-0.05, 0) is 77.2 Å². The van der Waals surface area contributed by atoms with Gasteiger partial charge in [-0.1, -0.05) is 18.2 Å². The van der Waals surface area contributed by atoms with E-state index in [4.69, 9.17) is 0 Å². The smallest absolute Gasteiger partial charge is 0.265 e. The number of nitrogens with one attached hydrogen (secondary N) is 1. The van der Waals surface area contributed by atoms with Crippen LogP contribution in [0.4, 0.5) is 20.2 Å². The van der Waals surface area contributed by atoms with Gasteiger partial charge in [-0.15, -0.1) is 11.3 Å². The highest BCUT2D eigenvalue weighted by Gasteiger charge is 2.20. The maximum absolute atomic E-state index is 13.9. The van der Waals surface area contributed by atoms with Gasteiger partial charge in [-0.3, -0.25) is 9.59 Å². The van der Waals surface area contributed by atoms with Gasteiger partial charge in [0.05, 0.1) is 4.88 Å². The summed E-state index contributed by atoms with van der Waals surface area (Å²) in [5.41, 5.74) is 3.19. The molecule has 4 aromatic rings. The molecule has 0 fully saturated rings. The number of nitrogens with zero attached hydrogens (tertiary/aromatic N) is 2. The Morgan fingerprint density at radius 3 is 2.31 bits per heavy atom. The van der Waals surface area contributed by atoms with Crippen LogP contribution in [0.1, 0.15) is 31.2 Å². The van der Waals surface area contributed by atoms with Gasteiger partial charge >= 0.3 is 0 Å². The number of carbonyl (C=O) groups is 2. The number of rotatable bonds is 8. The summed E-state index contributed by atoms with van der Waals surface area (Å²) in [5, 5.41) is 4.74. The van der Waals surface area contributed by atoms with Crippen molar-refractivity contribution in [1.82, 2.24) is 4.90 Å². The Morgan fingerprint density at radius 2 is 1.64 bits per heavy atom. The molecule has 36 heavy (non-hydrogen) atoms. The SMILES string of the molecule is CN(C)c1ccc(NC(=O)c2cccs2)cc1CN(Cc1cccc(F)c1)C(=O)c1ccc(F)cc1. The Labute approximate surface area is 212 Å². The van der Waals surface area contributed by atoms with Crippen molar-refractivity contribution in [3.63, 3.8) is 0 Å². The number of benzene rings is 3. The second kappa shape index (κ2) is 11.1. The Kier molecular flexibility index (Phi) is 7.75. The van der Waals surface area contributed by atoms with Crippen LogP contribution in [-0.2, 0) is 13.1 Å². The Bertz CT molecular complexity index is 1360. The summed E-state index contributed by atoms with van der Waals surface area (Å²) in [5.74, 6) is -1.37. The molecular weight excluding hydrogens is 480 g/mol. The van der Waals surface area contributed by atoms with E-state index in [0.717, 1.165) is 11.3 Å². The fourth-order valence-corrected chi connectivity index (χ4v) is 4.48. The standard InChI is InChI=1S/C28H25F2N3O2S/c1-32(2)25-13-12-24(31-27(34)26-7-4-14-36-26)16-21(25)18-33(17-19-5-3-6-23(30)15-19)28(35)20-8-10-22(29)11-9-20/h3-16H,17-18H2,1-2H3,(H,31,34). The number of anilines is 2. The number of carbonyl (C=O) groups excluding carboxylic acids is 2. The molecule has 0 spiro atoms. The van der Waals surface area contributed by atoms with E-state index < -0.39 is 11.6 Å². The van der Waals surface area contributed by atoms with Crippen LogP contribution in [0.3, 0.4) is 0 Å². The highest BCUT2D eigenvalue weighted by atomic mass is 32.1. The Hall–Kier alpha value is -4.04. The summed E-state index contributed by atoms with van der Waals surface area (Å²) in [6.07, 6.45) is 0. The first-order valence-corrected chi connectivity index (χ1v) is 12.1. The van der Waals surface area contributed by atoms with Crippen molar-refractivity contribution in [1.29, 1.82) is 0 Å². The van der Waals surface area contributed by atoms with Gasteiger partial charge in [0, 0.05) is 44.1 Å². The highest BCUT2D eigenvalue weighted by molar-refractivity contribution is 7.12. The van der Waals surface area contributed by atoms with E-state index in [-0.39, 0.29) is 24.9 Å². The van der Waals surface area contributed by atoms with E-state index in [9.17, 15) is 18.4 Å². The average molecular weight is 506 g/mol. The molecule has 0 aliphatic rings. The lowest BCUT2D eigenvalue weighted by atomic mass is 10.1. The van der Waals surface area contributed by atoms with E-state index >= 15 is 0 Å². The number of thiophene rings is 1. The van der Waals surface area contributed by atoms with Crippen molar-refractivity contribution >= 4 is 34.5 Å². The summed E-state index contributed by atoms with van der Waals surface area (Å²) >= 11 is 1.35. The van der Waals surface area contributed by atoms with E-state index in [1.54, 1.807) is 23.1 Å². The van der Waals surface area contributed by atoms with Crippen LogP contribution in [-0.4, -0.2) is 30.8 Å². The van der Waals surface area contributed by atoms with Gasteiger partial charge in [0.1, 0.15) is 11.6 Å². The second-order valence-corrected chi connectivity index (χ2v) is 9.42. The number of hydrogen-bond acceptors (Lipinski definition) is 4. The third kappa shape index (κ3) is 6.14. The Balaban J connectivity index is 1.67. The number of hydrogen-bond donors (Lipinski definition) is 1. The van der Waals surface area contributed by atoms with Crippen LogP contribution in [0.15, 0.2) is 84.2 Å². The molecule has 184 valence electrons. The van der Waals surface area contributed by atoms with E-state index in [0.29, 0.717) is 21.7 Å². The Morgan fingerprint density at radius 1 is 0.861 bits per heavy atom. The molecule has 0 bridgehead atoms. The van der Waals surface area contributed by atoms with Gasteiger partial charge in [0.2, 0.25) is 0 Å². The molecule has 1 N–H and O–H groups in total. The van der Waals surface area contributed by atoms with Crippen molar-refractivity contribution in [3.05, 3.63) is 117 Å². The summed E-state index contributed by atoms with van der Waals surface area (Å²) in [6, 6.07) is 20.5. The van der Waals surface area contributed by atoms with Crippen LogP contribution in [0.2, 0.25) is 0 Å². The van der Waals surface area contributed by atoms with Crippen molar-refractivity contribution < 1.29 is 18.4 Å². The first-order valence-electron chi connectivity index (χ1n) is 11.2. The zero-order chi connectivity index (χ0) is 25.7. The molecule has 4 rings (SSSR count). The molecule has 0 aliphatic heterocycles. The van der Waals surface area contributed by atoms with E-state index in [2.05, 4.69) is 5.32 Å². The van der Waals surface area contributed by atoms with Crippen LogP contribution in [0, 0.1) is 11.6 Å². The van der Waals surface area contributed by atoms with Gasteiger partial charge in [-0.25, -0.2) is 8.78 Å². The molecule has 0 atom stereocenters. The number of amides is 2. The van der Waals surface area contributed by atoms with Gasteiger partial charge in [0.25, 0.3) is 11.8 Å². The third-order valence-electron chi connectivity index (χ3n) is 5.57. The third-order valence-corrected chi connectivity index (χ3v) is 6.43. The van der Waals surface area contributed by atoms with Crippen molar-refractivity contribution in [2.45, 2.75) is 13.1 Å². The van der Waals surface area contributed by atoms with E-state index in [1.807, 2.05) is 48.6 Å². The van der Waals surface area contributed by atoms with Crippen molar-refractivity contribution in [3.8, 4) is 0 Å². The fourth-order valence-electron chi connectivity index (χ4n) is 3.86. The molecule has 3 aromatic carbocycles. The second-order valence-electron chi connectivity index (χ2n) is 8.47. The summed E-state index contributed by atoms with van der Waals surface area (Å²) in [4.78, 5) is 30.1. The van der Waals surface area contributed by atoms with Gasteiger partial charge in [0.15, 0.2) is 0 Å². The zero-order valence-electron chi connectivity index (χ0n) is 19.9. The van der Waals surface area contributed by atoms with Crippen LogP contribution >= 0.6 is 11.3 Å². The summed E-state index contributed by atoms with van der Waals surface area (Å²) in [6.45, 7) is 0.329. The molecule has 1 aromatic heterocycles. The highest BCUT2D eigenvalue weighted by Crippen LogP contribution is 2.27. The molecule has 5 nitrogen and oxygen atoms in total. The molecule has 0 radical (unpaired) electrons. The largest absolute Gasteiger partial charge is 0.377 e. The van der Waals surface area contributed by atoms with Crippen LogP contribution < -0.4 is 10.2 Å². The lowest BCUT2D eigenvalue weighted by Gasteiger charge is -2.26. The zero-order valence-corrected chi connectivity index (χ0v) is 20.7. The quantitative estimate of drug-likeness (QED) is 0.311. The van der Waals surface area contributed by atoms with Crippen LogP contribution in [0.25, 0.3) is 0 Å². The predicted molar refractivity (Wildman–Crippen MR) is 139 cm³/mol. The molecular formula is C28H25F2N3O2S. The van der Waals surface area contributed by atoms with E-state index in [1.165, 1.54) is 47.7 Å². The molecule has 0 unspecified atom stereocenters. The maximum atomic E-state index is 13.9. The minimum atomic E-state index is -0.438. The topological polar surface area (TPSA) is 52.7 Å². The maximum Gasteiger partial charge on any atom is 0.265 e. The monoisotopic (exact) mass is 505 g/mol. The van der Waals surface area contributed by atoms with Crippen molar-refractivity contribution in [2.24, 2.45) is 0 Å². The molecule has 0 saturated heterocycles. The first-order chi connectivity index (χ1) is 17.3. The predicted octanol–water partition coefficient (Wildman–Crippen LogP) is 6.19. The average Bonchev–Trinajstić information content (AvgIpc) is 3.39. The number of halogens is 2. The summed E-state index contributed by atoms with van der Waals surface area (Å²) < 4.78 is 27.4. The molecule has 8 heteroatoms. The molecule has 1 heterocycles. The first kappa shape index (κ1) is 25.1. The molecule has 2 amide bonds. The normalized spacial score (nSPS) is 10.7. The minimum absolute atomic E-state index is 0.145. The van der Waals surface area contributed by atoms with Gasteiger partial charge < -0.3 is 15.1 Å². The minimum Gasteiger partial charge on any atom is -0.377 e. The fraction of sp³-hybridized carbons (Fsp3) is 0.143.